The summed E-state index contributed by atoms with van der Waals surface area (Å²) < 4.78 is 11.7. The zero-order valence-corrected chi connectivity index (χ0v) is 10.2. The van der Waals surface area contributed by atoms with E-state index in [4.69, 9.17) is 9.31 Å². The van der Waals surface area contributed by atoms with Gasteiger partial charge in [0.2, 0.25) is 0 Å². The third-order valence-electron chi connectivity index (χ3n) is 3.41. The standard InChI is InChI=1S/C12H15BN2O2/c1-8-12(2,3)17-13(16-8)10-6-9-4-5-14-11(9)15-7-10/h4-8H,1-3H3,(H,14,15). The number of aromatic amines is 1. The molecule has 3 heterocycles. The third-order valence-corrected chi connectivity index (χ3v) is 3.41. The topological polar surface area (TPSA) is 47.1 Å². The van der Waals surface area contributed by atoms with Gasteiger partial charge in [0.25, 0.3) is 0 Å². The quantitative estimate of drug-likeness (QED) is 0.754. The molecular weight excluding hydrogens is 215 g/mol. The van der Waals surface area contributed by atoms with Gasteiger partial charge in [-0.25, -0.2) is 4.98 Å². The first-order valence-corrected chi connectivity index (χ1v) is 5.82. The molecule has 0 bridgehead atoms. The molecule has 17 heavy (non-hydrogen) atoms. The fourth-order valence-corrected chi connectivity index (χ4v) is 1.98. The summed E-state index contributed by atoms with van der Waals surface area (Å²) in [5, 5.41) is 1.08. The number of nitrogens with one attached hydrogen (secondary N) is 1. The van der Waals surface area contributed by atoms with Crippen LogP contribution in [0.5, 0.6) is 0 Å². The monoisotopic (exact) mass is 230 g/mol. The van der Waals surface area contributed by atoms with E-state index in [1.165, 1.54) is 0 Å². The first-order chi connectivity index (χ1) is 8.06. The molecule has 1 fully saturated rings. The average Bonchev–Trinajstić information content (AvgIpc) is 2.83. The summed E-state index contributed by atoms with van der Waals surface area (Å²) in [7, 11) is -0.313. The number of rotatable bonds is 1. The summed E-state index contributed by atoms with van der Waals surface area (Å²) in [5.41, 5.74) is 1.60. The molecule has 2 aromatic heterocycles. The molecule has 0 amide bonds. The molecule has 5 heteroatoms. The van der Waals surface area contributed by atoms with Crippen LogP contribution in [0.1, 0.15) is 20.8 Å². The molecular formula is C12H15BN2O2. The highest BCUT2D eigenvalue weighted by atomic mass is 16.7. The second kappa shape index (κ2) is 3.58. The molecule has 1 atom stereocenters. The van der Waals surface area contributed by atoms with Gasteiger partial charge >= 0.3 is 7.12 Å². The molecule has 3 rings (SSSR count). The van der Waals surface area contributed by atoms with Crippen molar-refractivity contribution in [2.45, 2.75) is 32.5 Å². The van der Waals surface area contributed by atoms with Crippen LogP contribution in [-0.2, 0) is 9.31 Å². The maximum Gasteiger partial charge on any atom is 0.496 e. The van der Waals surface area contributed by atoms with E-state index in [2.05, 4.69) is 16.0 Å². The van der Waals surface area contributed by atoms with Crippen molar-refractivity contribution < 1.29 is 9.31 Å². The SMILES string of the molecule is CC1OB(c2cnc3[nH]ccc3c2)OC1(C)C. The van der Waals surface area contributed by atoms with Gasteiger partial charge in [-0.05, 0) is 32.9 Å². The largest absolute Gasteiger partial charge is 0.496 e. The number of hydrogen-bond acceptors (Lipinski definition) is 3. The van der Waals surface area contributed by atoms with E-state index >= 15 is 0 Å². The van der Waals surface area contributed by atoms with E-state index in [0.29, 0.717) is 0 Å². The Labute approximate surface area is 100 Å². The van der Waals surface area contributed by atoms with E-state index in [1.54, 1.807) is 6.20 Å². The number of aromatic nitrogens is 2. The molecule has 4 nitrogen and oxygen atoms in total. The minimum absolute atomic E-state index is 0.0782. The molecule has 0 aliphatic carbocycles. The molecule has 1 saturated heterocycles. The van der Waals surface area contributed by atoms with E-state index in [9.17, 15) is 0 Å². The molecule has 0 spiro atoms. The highest BCUT2D eigenvalue weighted by molar-refractivity contribution is 6.62. The van der Waals surface area contributed by atoms with Crippen LogP contribution in [-0.4, -0.2) is 28.8 Å². The third kappa shape index (κ3) is 1.75. The van der Waals surface area contributed by atoms with Gasteiger partial charge in [0.05, 0.1) is 11.7 Å². The normalized spacial score (nSPS) is 23.5. The zero-order valence-electron chi connectivity index (χ0n) is 10.2. The summed E-state index contributed by atoms with van der Waals surface area (Å²) in [6, 6.07) is 4.05. The van der Waals surface area contributed by atoms with Gasteiger partial charge < -0.3 is 14.3 Å². The lowest BCUT2D eigenvalue weighted by atomic mass is 9.80. The predicted molar refractivity (Wildman–Crippen MR) is 67.2 cm³/mol. The van der Waals surface area contributed by atoms with Crippen LogP contribution in [0, 0.1) is 0 Å². The minimum atomic E-state index is -0.313. The van der Waals surface area contributed by atoms with E-state index in [0.717, 1.165) is 16.5 Å². The lowest BCUT2D eigenvalue weighted by molar-refractivity contribution is 0.0842. The van der Waals surface area contributed by atoms with E-state index in [-0.39, 0.29) is 18.8 Å². The van der Waals surface area contributed by atoms with Crippen LogP contribution in [0.15, 0.2) is 24.5 Å². The summed E-state index contributed by atoms with van der Waals surface area (Å²) in [6.45, 7) is 6.11. The van der Waals surface area contributed by atoms with E-state index < -0.39 is 0 Å². The zero-order chi connectivity index (χ0) is 12.0. The Hall–Kier alpha value is -1.33. The van der Waals surface area contributed by atoms with Crippen molar-refractivity contribution in [3.8, 4) is 0 Å². The molecule has 1 aliphatic heterocycles. The smallest absolute Gasteiger partial charge is 0.402 e. The van der Waals surface area contributed by atoms with Crippen LogP contribution in [0.4, 0.5) is 0 Å². The first-order valence-electron chi connectivity index (χ1n) is 5.82. The molecule has 0 aromatic carbocycles. The number of H-pyrrole nitrogens is 1. The average molecular weight is 230 g/mol. The van der Waals surface area contributed by atoms with Crippen molar-refractivity contribution in [3.05, 3.63) is 24.5 Å². The second-order valence-corrected chi connectivity index (χ2v) is 5.02. The van der Waals surface area contributed by atoms with Crippen molar-refractivity contribution in [2.24, 2.45) is 0 Å². The Morgan fingerprint density at radius 1 is 1.47 bits per heavy atom. The maximum absolute atomic E-state index is 5.90. The highest BCUT2D eigenvalue weighted by Gasteiger charge is 2.44. The fourth-order valence-electron chi connectivity index (χ4n) is 1.98. The molecule has 1 aliphatic rings. The second-order valence-electron chi connectivity index (χ2n) is 5.02. The Bertz CT molecular complexity index is 552. The van der Waals surface area contributed by atoms with Crippen molar-refractivity contribution in [2.75, 3.05) is 0 Å². The van der Waals surface area contributed by atoms with Gasteiger partial charge in [0.1, 0.15) is 5.65 Å². The lowest BCUT2D eigenvalue weighted by Crippen LogP contribution is -2.34. The van der Waals surface area contributed by atoms with Crippen molar-refractivity contribution in [1.82, 2.24) is 9.97 Å². The molecule has 1 N–H and O–H groups in total. The van der Waals surface area contributed by atoms with Crippen molar-refractivity contribution in [3.63, 3.8) is 0 Å². The predicted octanol–water partition coefficient (Wildman–Crippen LogP) is 1.47. The summed E-state index contributed by atoms with van der Waals surface area (Å²) in [4.78, 5) is 7.41. The Balaban J connectivity index is 1.94. The van der Waals surface area contributed by atoms with Gasteiger partial charge in [-0.1, -0.05) is 0 Å². The molecule has 88 valence electrons. The molecule has 0 saturated carbocycles. The Morgan fingerprint density at radius 2 is 2.29 bits per heavy atom. The van der Waals surface area contributed by atoms with Gasteiger partial charge in [0, 0.05) is 23.2 Å². The van der Waals surface area contributed by atoms with Crippen molar-refractivity contribution in [1.29, 1.82) is 0 Å². The summed E-state index contributed by atoms with van der Waals surface area (Å²) in [5.74, 6) is 0. The summed E-state index contributed by atoms with van der Waals surface area (Å²) in [6.07, 6.45) is 3.76. The van der Waals surface area contributed by atoms with Crippen LogP contribution in [0.25, 0.3) is 11.0 Å². The Kier molecular flexibility index (Phi) is 2.28. The minimum Gasteiger partial charge on any atom is -0.402 e. The van der Waals surface area contributed by atoms with Crippen LogP contribution >= 0.6 is 0 Å². The van der Waals surface area contributed by atoms with Crippen LogP contribution in [0.3, 0.4) is 0 Å². The number of hydrogen-bond donors (Lipinski definition) is 1. The fraction of sp³-hybridized carbons (Fsp3) is 0.417. The lowest BCUT2D eigenvalue weighted by Gasteiger charge is -2.21. The first kappa shape index (κ1) is 10.8. The molecule has 2 aromatic rings. The highest BCUT2D eigenvalue weighted by Crippen LogP contribution is 2.26. The maximum atomic E-state index is 5.90. The van der Waals surface area contributed by atoms with E-state index in [1.807, 2.05) is 33.0 Å². The molecule has 1 unspecified atom stereocenters. The number of fused-ring (bicyclic) bond motifs is 1. The van der Waals surface area contributed by atoms with Crippen LogP contribution in [0.2, 0.25) is 0 Å². The van der Waals surface area contributed by atoms with Crippen LogP contribution < -0.4 is 5.46 Å². The Morgan fingerprint density at radius 3 is 3.00 bits per heavy atom. The number of pyridine rings is 1. The summed E-state index contributed by atoms with van der Waals surface area (Å²) >= 11 is 0. The van der Waals surface area contributed by atoms with Crippen molar-refractivity contribution >= 4 is 23.6 Å². The number of nitrogens with zero attached hydrogens (tertiary/aromatic N) is 1. The van der Waals surface area contributed by atoms with Gasteiger partial charge in [-0.3, -0.25) is 0 Å². The molecule has 0 radical (unpaired) electrons. The van der Waals surface area contributed by atoms with Gasteiger partial charge in [-0.15, -0.1) is 0 Å². The van der Waals surface area contributed by atoms with Gasteiger partial charge in [-0.2, -0.15) is 0 Å². The van der Waals surface area contributed by atoms with Gasteiger partial charge in [0.15, 0.2) is 0 Å².